The van der Waals surface area contributed by atoms with Gasteiger partial charge >= 0.3 is 0 Å². The molecule has 6 heteroatoms. The lowest BCUT2D eigenvalue weighted by atomic mass is 9.86. The fourth-order valence-electron chi connectivity index (χ4n) is 3.44. The van der Waals surface area contributed by atoms with E-state index >= 15 is 0 Å². The monoisotopic (exact) mass is 341 g/mol. The molecule has 6 nitrogen and oxygen atoms in total. The van der Waals surface area contributed by atoms with Gasteiger partial charge in [0.1, 0.15) is 11.3 Å². The Kier molecular flexibility index (Phi) is 4.88. The van der Waals surface area contributed by atoms with Crippen LogP contribution in [-0.2, 0) is 19.4 Å². The number of aromatic nitrogens is 2. The minimum atomic E-state index is -0.596. The van der Waals surface area contributed by atoms with Gasteiger partial charge < -0.3 is 15.0 Å². The maximum Gasteiger partial charge on any atom is 0.267 e. The molecule has 0 radical (unpaired) electrons. The van der Waals surface area contributed by atoms with Gasteiger partial charge in [0.25, 0.3) is 11.5 Å². The predicted octanol–water partition coefficient (Wildman–Crippen LogP) is 2.74. The summed E-state index contributed by atoms with van der Waals surface area (Å²) in [6, 6.07) is 3.38. The van der Waals surface area contributed by atoms with Crippen molar-refractivity contribution < 1.29 is 9.90 Å². The van der Waals surface area contributed by atoms with Gasteiger partial charge in [-0.1, -0.05) is 13.8 Å². The van der Waals surface area contributed by atoms with Crippen molar-refractivity contribution in [1.29, 1.82) is 0 Å². The fourth-order valence-corrected chi connectivity index (χ4v) is 3.44. The maximum absolute atomic E-state index is 12.9. The molecule has 0 bridgehead atoms. The van der Waals surface area contributed by atoms with Crippen molar-refractivity contribution in [3.05, 3.63) is 51.7 Å². The summed E-state index contributed by atoms with van der Waals surface area (Å²) < 4.78 is 1.67. The number of pyridine rings is 2. The molecule has 2 aromatic rings. The summed E-state index contributed by atoms with van der Waals surface area (Å²) in [5, 5.41) is 13.3. The standard InChI is InChI=1S/C19H23N3O3/c1-3-9-22-15-7-6-12(2)10-14(15)17(23)16(19(22)25)18(24)21-13-5-4-8-20-11-13/h4-5,8,11-12,23H,3,6-7,9-10H2,1-2H3,(H,21,24)/t12-/m1/s1. The average molecular weight is 341 g/mol. The van der Waals surface area contributed by atoms with E-state index in [1.165, 1.54) is 6.20 Å². The van der Waals surface area contributed by atoms with Crippen molar-refractivity contribution in [2.75, 3.05) is 5.32 Å². The topological polar surface area (TPSA) is 84.2 Å². The minimum absolute atomic E-state index is 0.166. The van der Waals surface area contributed by atoms with E-state index in [1.54, 1.807) is 22.9 Å². The predicted molar refractivity (Wildman–Crippen MR) is 96.0 cm³/mol. The number of aromatic hydroxyl groups is 1. The van der Waals surface area contributed by atoms with Crippen LogP contribution in [0.5, 0.6) is 5.75 Å². The van der Waals surface area contributed by atoms with Gasteiger partial charge in [-0.2, -0.15) is 0 Å². The second-order valence-electron chi connectivity index (χ2n) is 6.65. The molecule has 0 spiro atoms. The molecule has 0 saturated carbocycles. The molecule has 0 aromatic carbocycles. The first kappa shape index (κ1) is 17.2. The Morgan fingerprint density at radius 3 is 2.96 bits per heavy atom. The third-order valence-electron chi connectivity index (χ3n) is 4.68. The molecule has 1 atom stereocenters. The van der Waals surface area contributed by atoms with E-state index in [4.69, 9.17) is 0 Å². The molecular formula is C19H23N3O3. The van der Waals surface area contributed by atoms with Gasteiger partial charge in [-0.3, -0.25) is 14.6 Å². The van der Waals surface area contributed by atoms with Crippen LogP contribution in [0.15, 0.2) is 29.3 Å². The van der Waals surface area contributed by atoms with Crippen LogP contribution in [0, 0.1) is 5.92 Å². The minimum Gasteiger partial charge on any atom is -0.507 e. The highest BCUT2D eigenvalue weighted by Gasteiger charge is 2.28. The Labute approximate surface area is 146 Å². The number of rotatable bonds is 4. The van der Waals surface area contributed by atoms with Crippen molar-refractivity contribution >= 4 is 11.6 Å². The van der Waals surface area contributed by atoms with Crippen LogP contribution in [0.2, 0.25) is 0 Å². The Balaban J connectivity index is 2.09. The summed E-state index contributed by atoms with van der Waals surface area (Å²) in [4.78, 5) is 29.5. The van der Waals surface area contributed by atoms with Crippen molar-refractivity contribution in [3.8, 4) is 5.75 Å². The number of hydrogen-bond donors (Lipinski definition) is 2. The first-order valence-corrected chi connectivity index (χ1v) is 8.71. The van der Waals surface area contributed by atoms with Crippen molar-refractivity contribution in [1.82, 2.24) is 9.55 Å². The number of hydrogen-bond acceptors (Lipinski definition) is 4. The number of fused-ring (bicyclic) bond motifs is 1. The molecule has 0 aliphatic heterocycles. The van der Waals surface area contributed by atoms with E-state index in [0.717, 1.165) is 30.5 Å². The lowest BCUT2D eigenvalue weighted by Gasteiger charge is -2.26. The second-order valence-corrected chi connectivity index (χ2v) is 6.65. The van der Waals surface area contributed by atoms with Crippen LogP contribution in [0.3, 0.4) is 0 Å². The quantitative estimate of drug-likeness (QED) is 0.895. The van der Waals surface area contributed by atoms with E-state index < -0.39 is 11.5 Å². The third kappa shape index (κ3) is 3.29. The molecule has 0 fully saturated rings. The van der Waals surface area contributed by atoms with Gasteiger partial charge in [-0.05, 0) is 43.7 Å². The Morgan fingerprint density at radius 1 is 1.48 bits per heavy atom. The summed E-state index contributed by atoms with van der Waals surface area (Å²) >= 11 is 0. The number of nitrogens with one attached hydrogen (secondary N) is 1. The molecule has 1 amide bonds. The van der Waals surface area contributed by atoms with Crippen LogP contribution in [0.4, 0.5) is 5.69 Å². The number of anilines is 1. The molecule has 2 N–H and O–H groups in total. The molecule has 0 saturated heterocycles. The fraction of sp³-hybridized carbons (Fsp3) is 0.421. The summed E-state index contributed by atoms with van der Waals surface area (Å²) in [6.45, 7) is 4.66. The lowest BCUT2D eigenvalue weighted by Crippen LogP contribution is -2.34. The summed E-state index contributed by atoms with van der Waals surface area (Å²) in [5.74, 6) is -0.345. The normalized spacial score (nSPS) is 16.3. The molecule has 132 valence electrons. The largest absolute Gasteiger partial charge is 0.507 e. The number of carbonyl (C=O) groups excluding carboxylic acids is 1. The zero-order chi connectivity index (χ0) is 18.0. The van der Waals surface area contributed by atoms with Gasteiger partial charge in [-0.15, -0.1) is 0 Å². The SMILES string of the molecule is CCCn1c2c(c(O)c(C(=O)Nc3cccnc3)c1=O)C[C@H](C)CC2. The molecule has 1 aliphatic carbocycles. The molecule has 3 rings (SSSR count). The molecule has 25 heavy (non-hydrogen) atoms. The maximum atomic E-state index is 12.9. The van der Waals surface area contributed by atoms with Crippen molar-refractivity contribution in [3.63, 3.8) is 0 Å². The highest BCUT2D eigenvalue weighted by Crippen LogP contribution is 2.33. The molecule has 2 heterocycles. The van der Waals surface area contributed by atoms with E-state index in [-0.39, 0.29) is 11.3 Å². The van der Waals surface area contributed by atoms with E-state index in [1.807, 2.05) is 6.92 Å². The van der Waals surface area contributed by atoms with Crippen LogP contribution in [0.25, 0.3) is 0 Å². The lowest BCUT2D eigenvalue weighted by molar-refractivity contribution is 0.102. The van der Waals surface area contributed by atoms with Gasteiger partial charge in [-0.25, -0.2) is 0 Å². The highest BCUT2D eigenvalue weighted by molar-refractivity contribution is 6.06. The van der Waals surface area contributed by atoms with Crippen LogP contribution in [-0.4, -0.2) is 20.6 Å². The Morgan fingerprint density at radius 2 is 2.28 bits per heavy atom. The number of carbonyl (C=O) groups is 1. The van der Waals surface area contributed by atoms with E-state index in [2.05, 4.69) is 17.2 Å². The van der Waals surface area contributed by atoms with Gasteiger partial charge in [0.05, 0.1) is 11.9 Å². The molecule has 0 unspecified atom stereocenters. The second kappa shape index (κ2) is 7.09. The third-order valence-corrected chi connectivity index (χ3v) is 4.68. The van der Waals surface area contributed by atoms with Crippen LogP contribution < -0.4 is 10.9 Å². The van der Waals surface area contributed by atoms with E-state index in [0.29, 0.717) is 24.6 Å². The zero-order valence-electron chi connectivity index (χ0n) is 14.6. The smallest absolute Gasteiger partial charge is 0.267 e. The summed E-state index contributed by atoms with van der Waals surface area (Å²) in [6.07, 6.45) is 6.30. The number of nitrogens with zero attached hydrogens (tertiary/aromatic N) is 2. The molecular weight excluding hydrogens is 318 g/mol. The first-order chi connectivity index (χ1) is 12.0. The number of amides is 1. The average Bonchev–Trinajstić information content (AvgIpc) is 2.60. The van der Waals surface area contributed by atoms with Gasteiger partial charge in [0, 0.05) is 24.0 Å². The highest BCUT2D eigenvalue weighted by atomic mass is 16.3. The van der Waals surface area contributed by atoms with Crippen LogP contribution in [0.1, 0.15) is 48.3 Å². The summed E-state index contributed by atoms with van der Waals surface area (Å²) in [5.41, 5.74) is 1.50. The first-order valence-electron chi connectivity index (χ1n) is 8.71. The van der Waals surface area contributed by atoms with Gasteiger partial charge in [0.15, 0.2) is 0 Å². The van der Waals surface area contributed by atoms with E-state index in [9.17, 15) is 14.7 Å². The molecule has 1 aliphatic rings. The molecule has 2 aromatic heterocycles. The van der Waals surface area contributed by atoms with Crippen LogP contribution >= 0.6 is 0 Å². The Hall–Kier alpha value is -2.63. The van der Waals surface area contributed by atoms with Crippen molar-refractivity contribution in [2.24, 2.45) is 5.92 Å². The van der Waals surface area contributed by atoms with Crippen molar-refractivity contribution in [2.45, 2.75) is 46.1 Å². The summed E-state index contributed by atoms with van der Waals surface area (Å²) in [7, 11) is 0. The Bertz CT molecular complexity index is 843. The van der Waals surface area contributed by atoms with Gasteiger partial charge in [0.2, 0.25) is 0 Å². The zero-order valence-corrected chi connectivity index (χ0v) is 14.6.